The molecule has 3 heteroatoms. The summed E-state index contributed by atoms with van der Waals surface area (Å²) in [5.74, 6) is 1.60. The average molecular weight is 268 g/mol. The van der Waals surface area contributed by atoms with Crippen molar-refractivity contribution in [3.05, 3.63) is 0 Å². The van der Waals surface area contributed by atoms with E-state index in [1.807, 2.05) is 0 Å². The van der Waals surface area contributed by atoms with Gasteiger partial charge in [0.2, 0.25) is 0 Å². The molecule has 0 amide bonds. The van der Waals surface area contributed by atoms with Crippen molar-refractivity contribution < 1.29 is 4.74 Å². The van der Waals surface area contributed by atoms with E-state index >= 15 is 0 Å². The Balaban J connectivity index is 2.21. The smallest absolute Gasteiger partial charge is 0.0645 e. The molecule has 0 radical (unpaired) electrons. The summed E-state index contributed by atoms with van der Waals surface area (Å²) in [4.78, 5) is 2.68. The van der Waals surface area contributed by atoms with Gasteiger partial charge >= 0.3 is 0 Å². The molecule has 2 fully saturated rings. The average Bonchev–Trinajstić information content (AvgIpc) is 2.38. The minimum Gasteiger partial charge on any atom is -0.378 e. The van der Waals surface area contributed by atoms with Crippen LogP contribution in [0.25, 0.3) is 0 Å². The van der Waals surface area contributed by atoms with Gasteiger partial charge in [-0.3, -0.25) is 4.90 Å². The zero-order chi connectivity index (χ0) is 14.1. The Bertz CT molecular complexity index is 303. The zero-order valence-corrected chi connectivity index (χ0v) is 13.2. The molecule has 0 spiro atoms. The minimum atomic E-state index is 0.122. The van der Waals surface area contributed by atoms with Crippen LogP contribution in [0.4, 0.5) is 0 Å². The summed E-state index contributed by atoms with van der Waals surface area (Å²) in [6, 6.07) is 0. The van der Waals surface area contributed by atoms with Crippen molar-refractivity contribution in [2.45, 2.75) is 64.5 Å². The summed E-state index contributed by atoms with van der Waals surface area (Å²) < 4.78 is 5.69. The number of hydrogen-bond acceptors (Lipinski definition) is 3. The van der Waals surface area contributed by atoms with Crippen LogP contribution in [0.1, 0.15) is 53.4 Å². The Morgan fingerprint density at radius 1 is 1.37 bits per heavy atom. The van der Waals surface area contributed by atoms with Crippen LogP contribution in [0.2, 0.25) is 0 Å². The quantitative estimate of drug-likeness (QED) is 0.855. The minimum absolute atomic E-state index is 0.122. The molecule has 112 valence electrons. The maximum Gasteiger partial charge on any atom is 0.0645 e. The Labute approximate surface area is 118 Å². The van der Waals surface area contributed by atoms with Crippen molar-refractivity contribution in [2.24, 2.45) is 17.6 Å². The van der Waals surface area contributed by atoms with E-state index in [2.05, 4.69) is 32.6 Å². The molecule has 0 aromatic heterocycles. The first-order valence-electron chi connectivity index (χ1n) is 7.97. The first kappa shape index (κ1) is 15.3. The molecule has 1 saturated carbocycles. The van der Waals surface area contributed by atoms with Crippen LogP contribution in [0, 0.1) is 11.8 Å². The Morgan fingerprint density at radius 2 is 2.11 bits per heavy atom. The standard InChI is InChI=1S/C16H32N2O/c1-13(2)14-6-5-7-16(10-14,11-17)18-8-9-19-12-15(18,3)4/h13-14H,5-12,17H2,1-4H3. The SMILES string of the molecule is CC(C)C1CCCC(CN)(N2CCOCC2(C)C)C1. The number of nitrogens with zero attached hydrogens (tertiary/aromatic N) is 1. The van der Waals surface area contributed by atoms with Crippen molar-refractivity contribution in [2.75, 3.05) is 26.3 Å². The molecule has 0 aromatic rings. The van der Waals surface area contributed by atoms with Gasteiger partial charge in [-0.05, 0) is 38.5 Å². The molecule has 1 saturated heterocycles. The van der Waals surface area contributed by atoms with Gasteiger partial charge in [-0.15, -0.1) is 0 Å². The molecule has 1 aliphatic heterocycles. The highest BCUT2D eigenvalue weighted by atomic mass is 16.5. The monoisotopic (exact) mass is 268 g/mol. The molecule has 2 unspecified atom stereocenters. The van der Waals surface area contributed by atoms with Crippen LogP contribution in [0.5, 0.6) is 0 Å². The predicted molar refractivity (Wildman–Crippen MR) is 80.2 cm³/mol. The van der Waals surface area contributed by atoms with Gasteiger partial charge in [0.25, 0.3) is 0 Å². The molecular weight excluding hydrogens is 236 g/mol. The molecule has 3 nitrogen and oxygen atoms in total. The lowest BCUT2D eigenvalue weighted by Gasteiger charge is -2.56. The summed E-state index contributed by atoms with van der Waals surface area (Å²) in [5.41, 5.74) is 6.60. The van der Waals surface area contributed by atoms with Crippen LogP contribution in [-0.2, 0) is 4.74 Å². The summed E-state index contributed by atoms with van der Waals surface area (Å²) in [6.07, 6.45) is 5.23. The second kappa shape index (κ2) is 5.71. The lowest BCUT2D eigenvalue weighted by atomic mass is 9.69. The third-order valence-electron chi connectivity index (χ3n) is 5.40. The van der Waals surface area contributed by atoms with E-state index < -0.39 is 0 Å². The van der Waals surface area contributed by atoms with Crippen LogP contribution < -0.4 is 5.73 Å². The summed E-state index contributed by atoms with van der Waals surface area (Å²) in [7, 11) is 0. The third-order valence-corrected chi connectivity index (χ3v) is 5.40. The molecular formula is C16H32N2O. The second-order valence-electron chi connectivity index (χ2n) is 7.55. The van der Waals surface area contributed by atoms with Gasteiger partial charge in [0.15, 0.2) is 0 Å². The fourth-order valence-corrected chi connectivity index (χ4v) is 4.23. The van der Waals surface area contributed by atoms with Crippen LogP contribution >= 0.6 is 0 Å². The Hall–Kier alpha value is -0.120. The summed E-state index contributed by atoms with van der Waals surface area (Å²) in [6.45, 7) is 12.9. The number of morpholine rings is 1. The van der Waals surface area contributed by atoms with Crippen molar-refractivity contribution in [1.82, 2.24) is 4.90 Å². The maximum absolute atomic E-state index is 6.27. The topological polar surface area (TPSA) is 38.5 Å². The highest BCUT2D eigenvalue weighted by Crippen LogP contribution is 2.42. The van der Waals surface area contributed by atoms with Gasteiger partial charge in [0.1, 0.15) is 0 Å². The first-order chi connectivity index (χ1) is 8.91. The van der Waals surface area contributed by atoms with E-state index in [-0.39, 0.29) is 11.1 Å². The predicted octanol–water partition coefficient (Wildman–Crippen LogP) is 2.64. The van der Waals surface area contributed by atoms with Gasteiger partial charge in [0, 0.05) is 24.2 Å². The molecule has 2 aliphatic rings. The van der Waals surface area contributed by atoms with Crippen LogP contribution in [0.3, 0.4) is 0 Å². The molecule has 1 heterocycles. The molecule has 2 atom stereocenters. The van der Waals surface area contributed by atoms with Crippen molar-refractivity contribution in [3.8, 4) is 0 Å². The molecule has 19 heavy (non-hydrogen) atoms. The van der Waals surface area contributed by atoms with Crippen molar-refractivity contribution in [1.29, 1.82) is 0 Å². The van der Waals surface area contributed by atoms with Crippen LogP contribution in [-0.4, -0.2) is 42.3 Å². The Morgan fingerprint density at radius 3 is 2.68 bits per heavy atom. The molecule has 0 bridgehead atoms. The molecule has 2 N–H and O–H groups in total. The number of rotatable bonds is 3. The lowest BCUT2D eigenvalue weighted by Crippen LogP contribution is -2.67. The van der Waals surface area contributed by atoms with Gasteiger partial charge in [-0.2, -0.15) is 0 Å². The van der Waals surface area contributed by atoms with E-state index in [1.54, 1.807) is 0 Å². The fraction of sp³-hybridized carbons (Fsp3) is 1.00. The zero-order valence-electron chi connectivity index (χ0n) is 13.2. The van der Waals surface area contributed by atoms with E-state index in [9.17, 15) is 0 Å². The maximum atomic E-state index is 6.27. The third kappa shape index (κ3) is 2.98. The van der Waals surface area contributed by atoms with Gasteiger partial charge in [0.05, 0.1) is 13.2 Å². The highest BCUT2D eigenvalue weighted by Gasteiger charge is 2.47. The normalized spacial score (nSPS) is 36.6. The Kier molecular flexibility index (Phi) is 4.59. The summed E-state index contributed by atoms with van der Waals surface area (Å²) >= 11 is 0. The summed E-state index contributed by atoms with van der Waals surface area (Å²) in [5, 5.41) is 0. The van der Waals surface area contributed by atoms with E-state index in [0.717, 1.165) is 38.1 Å². The molecule has 2 rings (SSSR count). The van der Waals surface area contributed by atoms with Crippen molar-refractivity contribution >= 4 is 0 Å². The van der Waals surface area contributed by atoms with Gasteiger partial charge in [-0.1, -0.05) is 26.7 Å². The molecule has 0 aromatic carbocycles. The largest absolute Gasteiger partial charge is 0.378 e. The first-order valence-corrected chi connectivity index (χ1v) is 7.97. The molecule has 1 aliphatic carbocycles. The lowest BCUT2D eigenvalue weighted by molar-refractivity contribution is -0.120. The second-order valence-corrected chi connectivity index (χ2v) is 7.55. The van der Waals surface area contributed by atoms with Gasteiger partial charge < -0.3 is 10.5 Å². The highest BCUT2D eigenvalue weighted by molar-refractivity contribution is 5.03. The number of ether oxygens (including phenoxy) is 1. The van der Waals surface area contributed by atoms with Crippen molar-refractivity contribution in [3.63, 3.8) is 0 Å². The van der Waals surface area contributed by atoms with E-state index in [4.69, 9.17) is 10.5 Å². The number of hydrogen-bond donors (Lipinski definition) is 1. The number of nitrogens with two attached hydrogens (primary N) is 1. The van der Waals surface area contributed by atoms with Gasteiger partial charge in [-0.25, -0.2) is 0 Å². The van der Waals surface area contributed by atoms with E-state index in [0.29, 0.717) is 0 Å². The fourth-order valence-electron chi connectivity index (χ4n) is 4.23. The van der Waals surface area contributed by atoms with Crippen LogP contribution in [0.15, 0.2) is 0 Å². The van der Waals surface area contributed by atoms with E-state index in [1.165, 1.54) is 25.7 Å².